The molecule has 4 heteroatoms. The number of carbonyl (C=O) groups excluding carboxylic acids is 2. The van der Waals surface area contributed by atoms with E-state index in [1.54, 1.807) is 4.90 Å². The molecule has 0 N–H and O–H groups in total. The number of amides is 1. The molecule has 0 spiro atoms. The molecule has 1 aliphatic heterocycles. The van der Waals surface area contributed by atoms with E-state index in [-0.39, 0.29) is 18.5 Å². The van der Waals surface area contributed by atoms with Gasteiger partial charge in [0.05, 0.1) is 6.54 Å². The molecular formula is C18H23NO3. The lowest BCUT2D eigenvalue weighted by atomic mass is 10.0. The molecule has 4 nitrogen and oxygen atoms in total. The van der Waals surface area contributed by atoms with E-state index in [4.69, 9.17) is 4.74 Å². The van der Waals surface area contributed by atoms with E-state index >= 15 is 0 Å². The quantitative estimate of drug-likeness (QED) is 0.804. The fraction of sp³-hybridized carbons (Fsp3) is 0.444. The number of benzene rings is 1. The predicted octanol–water partition coefficient (Wildman–Crippen LogP) is 3.71. The molecule has 1 aromatic rings. The highest BCUT2D eigenvalue weighted by Gasteiger charge is 2.29. The Balaban J connectivity index is 1.92. The number of hydrogen-bond acceptors (Lipinski definition) is 3. The van der Waals surface area contributed by atoms with Gasteiger partial charge in [0.1, 0.15) is 6.61 Å². The van der Waals surface area contributed by atoms with Gasteiger partial charge in [-0.1, -0.05) is 44.2 Å². The summed E-state index contributed by atoms with van der Waals surface area (Å²) in [5.41, 5.74) is 2.83. The number of rotatable bonds is 6. The molecule has 1 aromatic carbocycles. The largest absolute Gasteiger partial charge is 0.445 e. The summed E-state index contributed by atoms with van der Waals surface area (Å²) in [6.07, 6.45) is 1.82. The van der Waals surface area contributed by atoms with E-state index in [1.807, 2.05) is 44.2 Å². The fourth-order valence-electron chi connectivity index (χ4n) is 2.61. The van der Waals surface area contributed by atoms with Gasteiger partial charge in [-0.3, -0.25) is 9.69 Å². The van der Waals surface area contributed by atoms with Crippen molar-refractivity contribution in [3.8, 4) is 0 Å². The molecule has 0 fully saturated rings. The third-order valence-electron chi connectivity index (χ3n) is 3.86. The fourth-order valence-corrected chi connectivity index (χ4v) is 2.61. The molecule has 2 rings (SSSR count). The van der Waals surface area contributed by atoms with Crippen LogP contribution >= 0.6 is 0 Å². The first-order valence-electron chi connectivity index (χ1n) is 7.85. The van der Waals surface area contributed by atoms with Crippen molar-refractivity contribution >= 4 is 11.9 Å². The molecule has 1 aliphatic rings. The maximum atomic E-state index is 12.2. The lowest BCUT2D eigenvalue weighted by Crippen LogP contribution is -2.30. The van der Waals surface area contributed by atoms with E-state index in [0.29, 0.717) is 19.5 Å². The highest BCUT2D eigenvalue weighted by molar-refractivity contribution is 5.97. The van der Waals surface area contributed by atoms with Gasteiger partial charge in [-0.25, -0.2) is 4.79 Å². The molecule has 0 bridgehead atoms. The molecule has 0 radical (unpaired) electrons. The van der Waals surface area contributed by atoms with Gasteiger partial charge in [0.15, 0.2) is 5.78 Å². The van der Waals surface area contributed by atoms with Crippen LogP contribution in [0.3, 0.4) is 0 Å². The first-order valence-corrected chi connectivity index (χ1v) is 7.85. The minimum absolute atomic E-state index is 0.165. The van der Waals surface area contributed by atoms with E-state index in [1.165, 1.54) is 0 Å². The Bertz CT molecular complexity index is 563. The van der Waals surface area contributed by atoms with Crippen LogP contribution in [0.25, 0.3) is 0 Å². The van der Waals surface area contributed by atoms with Crippen molar-refractivity contribution in [3.63, 3.8) is 0 Å². The van der Waals surface area contributed by atoms with Crippen LogP contribution in [0.2, 0.25) is 0 Å². The van der Waals surface area contributed by atoms with Gasteiger partial charge in [0.2, 0.25) is 0 Å². The first kappa shape index (κ1) is 16.3. The average molecular weight is 301 g/mol. The van der Waals surface area contributed by atoms with Crippen LogP contribution in [-0.4, -0.2) is 29.9 Å². The Morgan fingerprint density at radius 3 is 2.50 bits per heavy atom. The van der Waals surface area contributed by atoms with Gasteiger partial charge in [-0.05, 0) is 24.0 Å². The van der Waals surface area contributed by atoms with Gasteiger partial charge in [-0.15, -0.1) is 0 Å². The molecule has 1 heterocycles. The number of hydrogen-bond donors (Lipinski definition) is 0. The molecule has 0 unspecified atom stereocenters. The summed E-state index contributed by atoms with van der Waals surface area (Å²) < 4.78 is 5.34. The second-order valence-electron chi connectivity index (χ2n) is 5.51. The smallest absolute Gasteiger partial charge is 0.410 e. The normalized spacial score (nSPS) is 14.4. The standard InChI is InChI=1S/C18H23NO3/c1-3-8-17(20)16-12-19(11-15(16)4-2)18(21)22-13-14-9-6-5-7-10-14/h5-7,9-10H,3-4,8,11-13H2,1-2H3. The minimum Gasteiger partial charge on any atom is -0.445 e. The van der Waals surface area contributed by atoms with Gasteiger partial charge in [0, 0.05) is 18.5 Å². The Kier molecular flexibility index (Phi) is 5.75. The lowest BCUT2D eigenvalue weighted by molar-refractivity contribution is -0.115. The molecule has 118 valence electrons. The van der Waals surface area contributed by atoms with Crippen LogP contribution in [-0.2, 0) is 16.1 Å². The van der Waals surface area contributed by atoms with Crippen LogP contribution < -0.4 is 0 Å². The zero-order valence-corrected chi connectivity index (χ0v) is 13.3. The van der Waals surface area contributed by atoms with E-state index in [0.717, 1.165) is 29.6 Å². The Morgan fingerprint density at radius 2 is 1.86 bits per heavy atom. The third kappa shape index (κ3) is 3.97. The predicted molar refractivity (Wildman–Crippen MR) is 85.4 cm³/mol. The SMILES string of the molecule is CCCC(=O)C1=C(CC)CN(C(=O)OCc2ccccc2)C1. The van der Waals surface area contributed by atoms with Gasteiger partial charge >= 0.3 is 6.09 Å². The average Bonchev–Trinajstić information content (AvgIpc) is 2.98. The Labute approximate surface area is 131 Å². The maximum Gasteiger partial charge on any atom is 0.410 e. The summed E-state index contributed by atoms with van der Waals surface area (Å²) >= 11 is 0. The second kappa shape index (κ2) is 7.78. The van der Waals surface area contributed by atoms with Gasteiger partial charge < -0.3 is 4.74 Å². The maximum absolute atomic E-state index is 12.2. The van der Waals surface area contributed by atoms with Crippen molar-refractivity contribution in [1.82, 2.24) is 4.90 Å². The van der Waals surface area contributed by atoms with Crippen LogP contribution in [0, 0.1) is 0 Å². The monoisotopic (exact) mass is 301 g/mol. The summed E-state index contributed by atoms with van der Waals surface area (Å²) in [4.78, 5) is 25.9. The highest BCUT2D eigenvalue weighted by atomic mass is 16.6. The van der Waals surface area contributed by atoms with Crippen LogP contribution in [0.5, 0.6) is 0 Å². The first-order chi connectivity index (χ1) is 10.7. The summed E-state index contributed by atoms with van der Waals surface area (Å²) in [6, 6.07) is 9.59. The molecule has 0 saturated heterocycles. The van der Waals surface area contributed by atoms with Gasteiger partial charge in [-0.2, -0.15) is 0 Å². The number of nitrogens with zero attached hydrogens (tertiary/aromatic N) is 1. The van der Waals surface area contributed by atoms with Crippen molar-refractivity contribution < 1.29 is 14.3 Å². The van der Waals surface area contributed by atoms with Crippen LogP contribution in [0.1, 0.15) is 38.7 Å². The molecule has 0 saturated carbocycles. The topological polar surface area (TPSA) is 46.6 Å². The van der Waals surface area contributed by atoms with E-state index < -0.39 is 0 Å². The summed E-state index contributed by atoms with van der Waals surface area (Å²) in [5.74, 6) is 0.165. The van der Waals surface area contributed by atoms with Crippen molar-refractivity contribution in [1.29, 1.82) is 0 Å². The zero-order valence-electron chi connectivity index (χ0n) is 13.3. The number of ether oxygens (including phenoxy) is 1. The van der Waals surface area contributed by atoms with Crippen molar-refractivity contribution in [2.24, 2.45) is 0 Å². The summed E-state index contributed by atoms with van der Waals surface area (Å²) in [7, 11) is 0. The lowest BCUT2D eigenvalue weighted by Gasteiger charge is -2.16. The van der Waals surface area contributed by atoms with E-state index in [2.05, 4.69) is 0 Å². The summed E-state index contributed by atoms with van der Waals surface area (Å²) in [5, 5.41) is 0. The van der Waals surface area contributed by atoms with Crippen molar-refractivity contribution in [2.75, 3.05) is 13.1 Å². The van der Waals surface area contributed by atoms with Crippen molar-refractivity contribution in [2.45, 2.75) is 39.7 Å². The molecule has 0 atom stereocenters. The second-order valence-corrected chi connectivity index (χ2v) is 5.51. The minimum atomic E-state index is -0.353. The van der Waals surface area contributed by atoms with Crippen LogP contribution in [0.15, 0.2) is 41.5 Å². The number of Topliss-reactive ketones (excluding diaryl/α,β-unsaturated/α-hetero) is 1. The molecule has 1 amide bonds. The number of carbonyl (C=O) groups is 2. The third-order valence-corrected chi connectivity index (χ3v) is 3.86. The molecule has 0 aromatic heterocycles. The van der Waals surface area contributed by atoms with Gasteiger partial charge in [0.25, 0.3) is 0 Å². The molecular weight excluding hydrogens is 278 g/mol. The van der Waals surface area contributed by atoms with Crippen LogP contribution in [0.4, 0.5) is 4.79 Å². The number of ketones is 1. The van der Waals surface area contributed by atoms with Crippen molar-refractivity contribution in [3.05, 3.63) is 47.0 Å². The van der Waals surface area contributed by atoms with E-state index in [9.17, 15) is 9.59 Å². The highest BCUT2D eigenvalue weighted by Crippen LogP contribution is 2.23. The molecule has 22 heavy (non-hydrogen) atoms. The Morgan fingerprint density at radius 1 is 1.14 bits per heavy atom. The molecule has 0 aliphatic carbocycles. The Hall–Kier alpha value is -2.10. The summed E-state index contributed by atoms with van der Waals surface area (Å²) in [6.45, 7) is 5.17. The zero-order chi connectivity index (χ0) is 15.9.